The Morgan fingerprint density at radius 1 is 0.839 bits per heavy atom. The van der Waals surface area contributed by atoms with Crippen LogP contribution >= 0.6 is 0 Å². The summed E-state index contributed by atoms with van der Waals surface area (Å²) in [4.78, 5) is 89.6. The Labute approximate surface area is 326 Å². The number of benzene rings is 2. The third-order valence-electron chi connectivity index (χ3n) is 8.83. The second kappa shape index (κ2) is 22.3. The first kappa shape index (κ1) is 45.0. The molecule has 0 saturated carbocycles. The zero-order valence-corrected chi connectivity index (χ0v) is 32.8. The predicted octanol–water partition coefficient (Wildman–Crippen LogP) is 3.14. The van der Waals surface area contributed by atoms with E-state index in [4.69, 9.17) is 28.4 Å². The molecule has 0 aromatic heterocycles. The maximum Gasteiger partial charge on any atom is 0.366 e. The van der Waals surface area contributed by atoms with Crippen LogP contribution in [0.25, 0.3) is 11.1 Å². The van der Waals surface area contributed by atoms with Gasteiger partial charge in [0.25, 0.3) is 11.7 Å². The van der Waals surface area contributed by atoms with E-state index in [2.05, 4.69) is 16.0 Å². The predicted molar refractivity (Wildman–Crippen MR) is 200 cm³/mol. The van der Waals surface area contributed by atoms with E-state index in [-0.39, 0.29) is 44.0 Å². The van der Waals surface area contributed by atoms with Crippen molar-refractivity contribution >= 4 is 41.6 Å². The average Bonchev–Trinajstić information content (AvgIpc) is 3.17. The highest BCUT2D eigenvalue weighted by molar-refractivity contribution is 5.94. The standard InChI is InChI=1S/C40H53N3O13/c1-7-33(47)43-31-23-40(39(50)51-6,53-22-14-10-13-17-34(48)52-8-2)56-37(35(31)42-25(3)44)36(55-27(5)46)32(54-26(4)45)24-41-38(49)30-20-18-29(19-21-30)28-15-11-9-12-16-28/h9,11-12,15-16,18-21,31-32,35-37H,7-8,10,13-14,17,22-24H2,1-6H3,(H,41,49)(H,42,44)(H,43,47)/t31-,32+,35+,36+,37+,40+/m0/s1. The molecule has 2 aromatic carbocycles. The van der Waals surface area contributed by atoms with Gasteiger partial charge in [0.15, 0.2) is 12.2 Å². The molecular formula is C40H53N3O13. The third kappa shape index (κ3) is 13.4. The third-order valence-corrected chi connectivity index (χ3v) is 8.83. The molecule has 306 valence electrons. The van der Waals surface area contributed by atoms with Gasteiger partial charge in [-0.25, -0.2) is 4.79 Å². The van der Waals surface area contributed by atoms with Crippen LogP contribution in [0.4, 0.5) is 0 Å². The minimum Gasteiger partial charge on any atom is -0.466 e. The Balaban J connectivity index is 2.00. The van der Waals surface area contributed by atoms with Crippen molar-refractivity contribution in [3.8, 4) is 11.1 Å². The normalized spacial score (nSPS) is 20.0. The summed E-state index contributed by atoms with van der Waals surface area (Å²) in [6.07, 6.45) is -3.37. The first-order valence-electron chi connectivity index (χ1n) is 18.6. The molecule has 0 spiro atoms. The number of esters is 4. The topological polar surface area (TPSA) is 211 Å². The summed E-state index contributed by atoms with van der Waals surface area (Å²) in [6.45, 7) is 6.52. The number of amides is 3. The van der Waals surface area contributed by atoms with Crippen LogP contribution < -0.4 is 16.0 Å². The molecule has 3 amide bonds. The quantitative estimate of drug-likeness (QED) is 0.100. The van der Waals surface area contributed by atoms with Gasteiger partial charge >= 0.3 is 23.9 Å². The molecule has 2 aromatic rings. The Morgan fingerprint density at radius 2 is 1.50 bits per heavy atom. The van der Waals surface area contributed by atoms with E-state index in [0.717, 1.165) is 32.1 Å². The van der Waals surface area contributed by atoms with Gasteiger partial charge in [0, 0.05) is 45.6 Å². The van der Waals surface area contributed by atoms with Gasteiger partial charge in [-0.15, -0.1) is 0 Å². The summed E-state index contributed by atoms with van der Waals surface area (Å²) in [5, 5.41) is 8.25. The maximum atomic E-state index is 13.6. The van der Waals surface area contributed by atoms with Gasteiger partial charge < -0.3 is 44.4 Å². The smallest absolute Gasteiger partial charge is 0.366 e. The van der Waals surface area contributed by atoms with Crippen molar-refractivity contribution in [2.75, 3.05) is 26.9 Å². The molecule has 56 heavy (non-hydrogen) atoms. The van der Waals surface area contributed by atoms with E-state index in [1.165, 1.54) is 6.92 Å². The van der Waals surface area contributed by atoms with Crippen LogP contribution in [-0.4, -0.2) is 105 Å². The van der Waals surface area contributed by atoms with E-state index in [1.807, 2.05) is 30.3 Å². The second-order valence-electron chi connectivity index (χ2n) is 13.1. The lowest BCUT2D eigenvalue weighted by molar-refractivity contribution is -0.303. The summed E-state index contributed by atoms with van der Waals surface area (Å²) in [5.74, 6) is -6.80. The number of nitrogens with one attached hydrogen (secondary N) is 3. The average molecular weight is 784 g/mol. The molecule has 0 bridgehead atoms. The molecule has 0 unspecified atom stereocenters. The number of unbranched alkanes of at least 4 members (excludes halogenated alkanes) is 2. The lowest BCUT2D eigenvalue weighted by Gasteiger charge is -2.49. The number of methoxy groups -OCH3 is 1. The summed E-state index contributed by atoms with van der Waals surface area (Å²) < 4.78 is 34.0. The van der Waals surface area contributed by atoms with Gasteiger partial charge in [-0.3, -0.25) is 28.8 Å². The molecule has 1 heterocycles. The molecule has 0 radical (unpaired) electrons. The number of hydrogen-bond acceptors (Lipinski definition) is 13. The number of carbonyl (C=O) groups excluding carboxylic acids is 7. The van der Waals surface area contributed by atoms with Gasteiger partial charge in [-0.05, 0) is 43.0 Å². The second-order valence-corrected chi connectivity index (χ2v) is 13.1. The van der Waals surface area contributed by atoms with Crippen molar-refractivity contribution in [3.05, 3.63) is 60.2 Å². The summed E-state index contributed by atoms with van der Waals surface area (Å²) in [6, 6.07) is 14.1. The van der Waals surface area contributed by atoms with Crippen molar-refractivity contribution < 1.29 is 62.0 Å². The van der Waals surface area contributed by atoms with Crippen LogP contribution in [0.1, 0.15) is 83.5 Å². The fraction of sp³-hybridized carbons (Fsp3) is 0.525. The molecule has 6 atom stereocenters. The van der Waals surface area contributed by atoms with Crippen molar-refractivity contribution in [1.29, 1.82) is 0 Å². The zero-order valence-electron chi connectivity index (χ0n) is 32.8. The summed E-state index contributed by atoms with van der Waals surface area (Å²) in [7, 11) is 1.11. The molecule has 16 heteroatoms. The van der Waals surface area contributed by atoms with Crippen LogP contribution in [0.2, 0.25) is 0 Å². The van der Waals surface area contributed by atoms with E-state index < -0.39 is 78.4 Å². The largest absolute Gasteiger partial charge is 0.466 e. The van der Waals surface area contributed by atoms with Crippen molar-refractivity contribution in [1.82, 2.24) is 16.0 Å². The molecule has 1 aliphatic heterocycles. The SMILES string of the molecule is CCOC(=O)CCCCCO[C@]1(C(=O)OC)C[C@H](NC(=O)CC)[C@@H](NC(C)=O)[C@H]([C@H](OC(C)=O)[C@@H](CNC(=O)c2ccc(-c3ccccc3)cc2)OC(C)=O)O1. The molecule has 3 rings (SSSR count). The molecule has 1 fully saturated rings. The first-order valence-corrected chi connectivity index (χ1v) is 18.6. The van der Waals surface area contributed by atoms with Crippen LogP contribution in [0, 0.1) is 0 Å². The van der Waals surface area contributed by atoms with E-state index in [1.54, 1.807) is 38.1 Å². The van der Waals surface area contributed by atoms with Crippen LogP contribution in [0.5, 0.6) is 0 Å². The van der Waals surface area contributed by atoms with E-state index in [0.29, 0.717) is 19.3 Å². The Bertz CT molecular complexity index is 1650. The van der Waals surface area contributed by atoms with Gasteiger partial charge in [0.2, 0.25) is 11.8 Å². The number of hydrogen-bond donors (Lipinski definition) is 3. The van der Waals surface area contributed by atoms with Crippen molar-refractivity contribution in [3.63, 3.8) is 0 Å². The fourth-order valence-corrected chi connectivity index (χ4v) is 6.31. The Hall–Kier alpha value is -5.35. The van der Waals surface area contributed by atoms with Crippen molar-refractivity contribution in [2.45, 2.75) is 109 Å². The highest BCUT2D eigenvalue weighted by Crippen LogP contribution is 2.36. The minimum absolute atomic E-state index is 0.0309. The number of ether oxygens (including phenoxy) is 6. The molecule has 1 saturated heterocycles. The minimum atomic E-state index is -2.23. The monoisotopic (exact) mass is 783 g/mol. The molecule has 1 aliphatic rings. The number of rotatable bonds is 20. The Kier molecular flexibility index (Phi) is 17.9. The van der Waals surface area contributed by atoms with Crippen molar-refractivity contribution in [2.24, 2.45) is 0 Å². The van der Waals surface area contributed by atoms with Gasteiger partial charge in [0.1, 0.15) is 6.10 Å². The Morgan fingerprint density at radius 3 is 2.09 bits per heavy atom. The number of carbonyl (C=O) groups is 7. The van der Waals surface area contributed by atoms with Gasteiger partial charge in [0.05, 0.1) is 39.0 Å². The maximum absolute atomic E-state index is 13.6. The zero-order chi connectivity index (χ0) is 41.3. The molecule has 3 N–H and O–H groups in total. The lowest BCUT2D eigenvalue weighted by atomic mass is 9.86. The molecule has 0 aliphatic carbocycles. The molecule has 16 nitrogen and oxygen atoms in total. The summed E-state index contributed by atoms with van der Waals surface area (Å²) >= 11 is 0. The highest BCUT2D eigenvalue weighted by atomic mass is 16.7. The fourth-order valence-electron chi connectivity index (χ4n) is 6.31. The van der Waals surface area contributed by atoms with Gasteiger partial charge in [-0.2, -0.15) is 0 Å². The first-order chi connectivity index (χ1) is 26.7. The van der Waals surface area contributed by atoms with Crippen LogP contribution in [0.15, 0.2) is 54.6 Å². The lowest BCUT2D eigenvalue weighted by Crippen LogP contribution is -2.71. The van der Waals surface area contributed by atoms with Crippen LogP contribution in [-0.2, 0) is 57.2 Å². The summed E-state index contributed by atoms with van der Waals surface area (Å²) in [5.41, 5.74) is 2.11. The van der Waals surface area contributed by atoms with E-state index >= 15 is 0 Å². The molecular weight excluding hydrogens is 730 g/mol. The van der Waals surface area contributed by atoms with Crippen LogP contribution in [0.3, 0.4) is 0 Å². The van der Waals surface area contributed by atoms with E-state index in [9.17, 15) is 33.6 Å². The highest BCUT2D eigenvalue weighted by Gasteiger charge is 2.58. The van der Waals surface area contributed by atoms with Gasteiger partial charge in [-0.1, -0.05) is 55.8 Å².